The van der Waals surface area contributed by atoms with E-state index in [1.165, 1.54) is 32.1 Å². The molecule has 0 amide bonds. The number of hydrogen-bond donors (Lipinski definition) is 0. The lowest BCUT2D eigenvalue weighted by molar-refractivity contribution is -0.133. The lowest BCUT2D eigenvalue weighted by Crippen LogP contribution is -1.98. The second-order valence-corrected chi connectivity index (χ2v) is 3.48. The smallest absolute Gasteiger partial charge is 0.295 e. The van der Waals surface area contributed by atoms with Crippen LogP contribution < -0.4 is 0 Å². The van der Waals surface area contributed by atoms with Gasteiger partial charge in [0.1, 0.15) is 6.10 Å². The van der Waals surface area contributed by atoms with Crippen molar-refractivity contribution in [3.8, 4) is 0 Å². The van der Waals surface area contributed by atoms with E-state index >= 15 is 0 Å². The molecule has 3 heteroatoms. The Morgan fingerprint density at radius 1 is 1.31 bits per heavy atom. The highest BCUT2D eigenvalue weighted by atomic mass is 16.8. The van der Waals surface area contributed by atoms with Crippen molar-refractivity contribution in [3.05, 3.63) is 0 Å². The normalized spacial score (nSPS) is 25.6. The SMILES string of the molecule is CCCCCCCC1O[C@@H]1OC=O. The van der Waals surface area contributed by atoms with E-state index in [1.54, 1.807) is 0 Å². The first-order chi connectivity index (χ1) is 6.38. The van der Waals surface area contributed by atoms with Gasteiger partial charge in [-0.2, -0.15) is 0 Å². The van der Waals surface area contributed by atoms with Gasteiger partial charge in [-0.15, -0.1) is 0 Å². The van der Waals surface area contributed by atoms with Crippen LogP contribution in [0.25, 0.3) is 0 Å². The minimum absolute atomic E-state index is 0.187. The van der Waals surface area contributed by atoms with Crippen molar-refractivity contribution in [3.63, 3.8) is 0 Å². The third-order valence-electron chi connectivity index (χ3n) is 2.32. The first-order valence-corrected chi connectivity index (χ1v) is 5.13. The van der Waals surface area contributed by atoms with Crippen LogP contribution >= 0.6 is 0 Å². The van der Waals surface area contributed by atoms with Gasteiger partial charge in [0.25, 0.3) is 6.47 Å². The first kappa shape index (κ1) is 10.5. The molecule has 0 spiro atoms. The molecule has 3 nitrogen and oxygen atoms in total. The van der Waals surface area contributed by atoms with Crippen LogP contribution in [0.1, 0.15) is 45.4 Å². The maximum Gasteiger partial charge on any atom is 0.295 e. The van der Waals surface area contributed by atoms with Crippen molar-refractivity contribution in [2.75, 3.05) is 0 Å². The molecule has 0 saturated carbocycles. The fourth-order valence-corrected chi connectivity index (χ4v) is 1.45. The molecule has 0 bridgehead atoms. The molecule has 0 N–H and O–H groups in total. The van der Waals surface area contributed by atoms with Gasteiger partial charge >= 0.3 is 0 Å². The van der Waals surface area contributed by atoms with Crippen LogP contribution in [0.15, 0.2) is 0 Å². The summed E-state index contributed by atoms with van der Waals surface area (Å²) < 4.78 is 9.75. The summed E-state index contributed by atoms with van der Waals surface area (Å²) in [5.41, 5.74) is 0. The van der Waals surface area contributed by atoms with Crippen molar-refractivity contribution in [2.45, 2.75) is 57.8 Å². The van der Waals surface area contributed by atoms with Crippen LogP contribution in [0.2, 0.25) is 0 Å². The third kappa shape index (κ3) is 4.27. The van der Waals surface area contributed by atoms with Crippen LogP contribution in [0.3, 0.4) is 0 Å². The number of ether oxygens (including phenoxy) is 2. The predicted molar refractivity (Wildman–Crippen MR) is 49.2 cm³/mol. The van der Waals surface area contributed by atoms with E-state index in [-0.39, 0.29) is 12.4 Å². The fourth-order valence-electron chi connectivity index (χ4n) is 1.45. The average Bonchev–Trinajstić information content (AvgIpc) is 2.84. The monoisotopic (exact) mass is 186 g/mol. The number of hydrogen-bond acceptors (Lipinski definition) is 3. The third-order valence-corrected chi connectivity index (χ3v) is 2.32. The summed E-state index contributed by atoms with van der Waals surface area (Å²) in [6.45, 7) is 2.67. The number of rotatable bonds is 8. The molecule has 1 unspecified atom stereocenters. The molecule has 0 aromatic carbocycles. The topological polar surface area (TPSA) is 38.8 Å². The Labute approximate surface area is 79.4 Å². The van der Waals surface area contributed by atoms with Crippen LogP contribution in [0, 0.1) is 0 Å². The molecule has 2 atom stereocenters. The van der Waals surface area contributed by atoms with E-state index in [2.05, 4.69) is 11.7 Å². The summed E-state index contributed by atoms with van der Waals surface area (Å²) >= 11 is 0. The highest BCUT2D eigenvalue weighted by molar-refractivity contribution is 5.37. The van der Waals surface area contributed by atoms with E-state index < -0.39 is 0 Å². The molecular formula is C10H18O3. The molecular weight excluding hydrogens is 168 g/mol. The summed E-state index contributed by atoms with van der Waals surface area (Å²) in [4.78, 5) is 9.91. The molecule has 1 aliphatic rings. The quantitative estimate of drug-likeness (QED) is 0.331. The molecule has 76 valence electrons. The van der Waals surface area contributed by atoms with Crippen LogP contribution in [-0.4, -0.2) is 18.9 Å². The number of carbonyl (C=O) groups is 1. The molecule has 1 rings (SSSR count). The van der Waals surface area contributed by atoms with Crippen molar-refractivity contribution in [1.82, 2.24) is 0 Å². The Morgan fingerprint density at radius 3 is 2.77 bits per heavy atom. The van der Waals surface area contributed by atoms with Crippen LogP contribution in [-0.2, 0) is 14.3 Å². The molecule has 1 heterocycles. The Morgan fingerprint density at radius 2 is 2.08 bits per heavy atom. The summed E-state index contributed by atoms with van der Waals surface area (Å²) in [6.07, 6.45) is 7.34. The molecule has 13 heavy (non-hydrogen) atoms. The highest BCUT2D eigenvalue weighted by Crippen LogP contribution is 2.27. The van der Waals surface area contributed by atoms with Crippen molar-refractivity contribution >= 4 is 6.47 Å². The molecule has 0 aliphatic carbocycles. The Balaban J connectivity index is 1.82. The van der Waals surface area contributed by atoms with Gasteiger partial charge in [-0.05, 0) is 6.42 Å². The van der Waals surface area contributed by atoms with Gasteiger partial charge in [-0.3, -0.25) is 4.79 Å². The standard InChI is InChI=1S/C10H18O3/c1-2-3-4-5-6-7-9-10(13-9)12-8-11/h8-10H,2-7H2,1H3/t9?,10-/m0/s1. The van der Waals surface area contributed by atoms with Gasteiger partial charge in [0.15, 0.2) is 0 Å². The van der Waals surface area contributed by atoms with Gasteiger partial charge in [-0.1, -0.05) is 39.0 Å². The Kier molecular flexibility index (Phi) is 4.83. The molecule has 0 aromatic heterocycles. The maximum absolute atomic E-state index is 9.91. The van der Waals surface area contributed by atoms with Gasteiger partial charge in [0, 0.05) is 0 Å². The molecule has 1 saturated heterocycles. The highest BCUT2D eigenvalue weighted by Gasteiger charge is 2.40. The minimum Gasteiger partial charge on any atom is -0.435 e. The second-order valence-electron chi connectivity index (χ2n) is 3.48. The summed E-state index contributed by atoms with van der Waals surface area (Å²) in [5.74, 6) is 0. The zero-order valence-electron chi connectivity index (χ0n) is 8.20. The zero-order valence-corrected chi connectivity index (χ0v) is 8.20. The number of unbranched alkanes of at least 4 members (excludes halogenated alkanes) is 4. The van der Waals surface area contributed by atoms with E-state index in [4.69, 9.17) is 4.74 Å². The van der Waals surface area contributed by atoms with Crippen molar-refractivity contribution < 1.29 is 14.3 Å². The summed E-state index contributed by atoms with van der Waals surface area (Å²) in [5, 5.41) is 0. The number of epoxide rings is 1. The summed E-state index contributed by atoms with van der Waals surface area (Å²) in [7, 11) is 0. The molecule has 1 fully saturated rings. The van der Waals surface area contributed by atoms with E-state index in [0.29, 0.717) is 6.47 Å². The first-order valence-electron chi connectivity index (χ1n) is 5.13. The van der Waals surface area contributed by atoms with Gasteiger partial charge in [-0.25, -0.2) is 0 Å². The molecule has 1 aliphatic heterocycles. The molecule has 0 aromatic rings. The van der Waals surface area contributed by atoms with Crippen molar-refractivity contribution in [1.29, 1.82) is 0 Å². The van der Waals surface area contributed by atoms with Crippen LogP contribution in [0.4, 0.5) is 0 Å². The minimum atomic E-state index is -0.233. The number of carbonyl (C=O) groups excluding carboxylic acids is 1. The van der Waals surface area contributed by atoms with Gasteiger partial charge < -0.3 is 9.47 Å². The average molecular weight is 186 g/mol. The van der Waals surface area contributed by atoms with E-state index in [9.17, 15) is 4.79 Å². The second kappa shape index (κ2) is 5.97. The van der Waals surface area contributed by atoms with E-state index in [0.717, 1.165) is 6.42 Å². The Hall–Kier alpha value is -0.570. The predicted octanol–water partition coefficient (Wildman–Crippen LogP) is 2.24. The fraction of sp³-hybridized carbons (Fsp3) is 0.900. The molecule has 0 radical (unpaired) electrons. The van der Waals surface area contributed by atoms with Gasteiger partial charge in [0.05, 0.1) is 0 Å². The van der Waals surface area contributed by atoms with E-state index in [1.807, 2.05) is 0 Å². The summed E-state index contributed by atoms with van der Waals surface area (Å²) in [6, 6.07) is 0. The zero-order chi connectivity index (χ0) is 9.52. The van der Waals surface area contributed by atoms with Crippen molar-refractivity contribution in [2.24, 2.45) is 0 Å². The Bertz CT molecular complexity index is 147. The maximum atomic E-state index is 9.91. The lowest BCUT2D eigenvalue weighted by atomic mass is 10.1. The lowest BCUT2D eigenvalue weighted by Gasteiger charge is -1.96. The van der Waals surface area contributed by atoms with Gasteiger partial charge in [0.2, 0.25) is 6.29 Å². The van der Waals surface area contributed by atoms with Crippen LogP contribution in [0.5, 0.6) is 0 Å². The largest absolute Gasteiger partial charge is 0.435 e.